The van der Waals surface area contributed by atoms with Crippen LogP contribution in [0, 0.1) is 11.8 Å². The van der Waals surface area contributed by atoms with Crippen LogP contribution in [0.25, 0.3) is 0 Å². The van der Waals surface area contributed by atoms with Crippen molar-refractivity contribution in [2.45, 2.75) is 43.8 Å². The van der Waals surface area contributed by atoms with Gasteiger partial charge in [-0.25, -0.2) is 0 Å². The zero-order valence-corrected chi connectivity index (χ0v) is 7.40. The second kappa shape index (κ2) is 2.62. The smallest absolute Gasteiger partial charge is 0.324 e. The van der Waals surface area contributed by atoms with Gasteiger partial charge in [0.1, 0.15) is 0 Å². The molecule has 2 aliphatic rings. The summed E-state index contributed by atoms with van der Waals surface area (Å²) < 4.78 is 36.5. The molecule has 0 aromatic heterocycles. The SMILES string of the molecule is NC1(CC(F)(F)F)C2CCCCC21. The Bertz CT molecular complexity index is 199. The van der Waals surface area contributed by atoms with E-state index in [1.165, 1.54) is 0 Å². The maximum absolute atomic E-state index is 12.2. The Balaban J connectivity index is 2.00. The molecular weight excluding hydrogens is 179 g/mol. The summed E-state index contributed by atoms with van der Waals surface area (Å²) in [5, 5.41) is 0. The molecule has 2 aliphatic carbocycles. The fraction of sp³-hybridized carbons (Fsp3) is 1.00. The third kappa shape index (κ3) is 1.56. The van der Waals surface area contributed by atoms with Crippen LogP contribution in [0.5, 0.6) is 0 Å². The average Bonchev–Trinajstić information content (AvgIpc) is 2.55. The van der Waals surface area contributed by atoms with E-state index < -0.39 is 18.1 Å². The standard InChI is InChI=1S/C9H14F3N/c10-9(11,12)5-8(13)6-3-1-2-4-7(6)8/h6-7H,1-5,13H2. The van der Waals surface area contributed by atoms with Gasteiger partial charge in [0, 0.05) is 5.54 Å². The van der Waals surface area contributed by atoms with Crippen molar-refractivity contribution < 1.29 is 13.2 Å². The Morgan fingerprint density at radius 3 is 2.00 bits per heavy atom. The zero-order valence-electron chi connectivity index (χ0n) is 7.40. The summed E-state index contributed by atoms with van der Waals surface area (Å²) in [6.07, 6.45) is -0.966. The van der Waals surface area contributed by atoms with Crippen molar-refractivity contribution >= 4 is 0 Å². The van der Waals surface area contributed by atoms with Crippen LogP contribution in [-0.4, -0.2) is 11.7 Å². The van der Waals surface area contributed by atoms with Gasteiger partial charge < -0.3 is 5.73 Å². The van der Waals surface area contributed by atoms with Crippen molar-refractivity contribution in [1.29, 1.82) is 0 Å². The Labute approximate surface area is 75.5 Å². The van der Waals surface area contributed by atoms with Gasteiger partial charge >= 0.3 is 6.18 Å². The molecule has 1 nitrogen and oxygen atoms in total. The molecule has 2 unspecified atom stereocenters. The summed E-state index contributed by atoms with van der Waals surface area (Å²) in [7, 11) is 0. The molecule has 0 radical (unpaired) electrons. The molecule has 0 amide bonds. The Morgan fingerprint density at radius 1 is 1.15 bits per heavy atom. The van der Waals surface area contributed by atoms with E-state index in [0.29, 0.717) is 0 Å². The quantitative estimate of drug-likeness (QED) is 0.680. The monoisotopic (exact) mass is 193 g/mol. The van der Waals surface area contributed by atoms with E-state index >= 15 is 0 Å². The molecular formula is C9H14F3N. The lowest BCUT2D eigenvalue weighted by Crippen LogP contribution is -2.33. The Hall–Kier alpha value is -0.250. The van der Waals surface area contributed by atoms with Crippen LogP contribution in [0.1, 0.15) is 32.1 Å². The summed E-state index contributed by atoms with van der Waals surface area (Å²) in [5.41, 5.74) is 4.87. The van der Waals surface area contributed by atoms with Gasteiger partial charge in [-0.15, -0.1) is 0 Å². The number of hydrogen-bond acceptors (Lipinski definition) is 1. The highest BCUT2D eigenvalue weighted by Crippen LogP contribution is 2.60. The van der Waals surface area contributed by atoms with Gasteiger partial charge in [0.25, 0.3) is 0 Å². The molecule has 0 saturated heterocycles. The number of fused-ring (bicyclic) bond motifs is 1. The topological polar surface area (TPSA) is 26.0 Å². The first-order chi connectivity index (χ1) is 5.93. The lowest BCUT2D eigenvalue weighted by molar-refractivity contribution is -0.141. The van der Waals surface area contributed by atoms with Crippen molar-refractivity contribution in [2.24, 2.45) is 17.6 Å². The molecule has 2 atom stereocenters. The maximum Gasteiger partial charge on any atom is 0.390 e. The summed E-state index contributed by atoms with van der Waals surface area (Å²) in [5.74, 6) is 0.311. The highest BCUT2D eigenvalue weighted by Gasteiger charge is 2.65. The molecule has 4 heteroatoms. The van der Waals surface area contributed by atoms with E-state index in [4.69, 9.17) is 5.73 Å². The minimum Gasteiger partial charge on any atom is -0.324 e. The fourth-order valence-corrected chi connectivity index (χ4v) is 2.91. The van der Waals surface area contributed by atoms with Crippen LogP contribution in [-0.2, 0) is 0 Å². The van der Waals surface area contributed by atoms with Crippen molar-refractivity contribution in [3.05, 3.63) is 0 Å². The van der Waals surface area contributed by atoms with E-state index in [-0.39, 0.29) is 11.8 Å². The number of rotatable bonds is 1. The zero-order chi connectivity index (χ0) is 9.69. The summed E-state index contributed by atoms with van der Waals surface area (Å²) in [6.45, 7) is 0. The second-order valence-corrected chi connectivity index (χ2v) is 4.40. The number of nitrogens with two attached hydrogens (primary N) is 1. The molecule has 0 heterocycles. The molecule has 2 saturated carbocycles. The van der Waals surface area contributed by atoms with E-state index in [2.05, 4.69) is 0 Å². The highest BCUT2D eigenvalue weighted by atomic mass is 19.4. The lowest BCUT2D eigenvalue weighted by Gasteiger charge is -2.14. The van der Waals surface area contributed by atoms with E-state index in [0.717, 1.165) is 25.7 Å². The van der Waals surface area contributed by atoms with Crippen molar-refractivity contribution in [3.63, 3.8) is 0 Å². The van der Waals surface area contributed by atoms with Crippen LogP contribution in [0.2, 0.25) is 0 Å². The van der Waals surface area contributed by atoms with Crippen LogP contribution in [0.4, 0.5) is 13.2 Å². The normalized spacial score (nSPS) is 44.3. The van der Waals surface area contributed by atoms with E-state index in [1.807, 2.05) is 0 Å². The van der Waals surface area contributed by atoms with Crippen LogP contribution < -0.4 is 5.73 Å². The van der Waals surface area contributed by atoms with E-state index in [1.54, 1.807) is 0 Å². The highest BCUT2D eigenvalue weighted by molar-refractivity contribution is 5.17. The van der Waals surface area contributed by atoms with Gasteiger partial charge in [-0.1, -0.05) is 12.8 Å². The van der Waals surface area contributed by atoms with E-state index in [9.17, 15) is 13.2 Å². The molecule has 0 aliphatic heterocycles. The fourth-order valence-electron chi connectivity index (χ4n) is 2.91. The van der Waals surface area contributed by atoms with Crippen LogP contribution in [0.3, 0.4) is 0 Å². The molecule has 13 heavy (non-hydrogen) atoms. The minimum absolute atomic E-state index is 0.155. The van der Waals surface area contributed by atoms with Crippen molar-refractivity contribution in [2.75, 3.05) is 0 Å². The van der Waals surface area contributed by atoms with Gasteiger partial charge in [-0.3, -0.25) is 0 Å². The Kier molecular flexibility index (Phi) is 1.88. The van der Waals surface area contributed by atoms with Crippen LogP contribution in [0.15, 0.2) is 0 Å². The first kappa shape index (κ1) is 9.31. The third-order valence-corrected chi connectivity index (χ3v) is 3.54. The molecule has 0 bridgehead atoms. The van der Waals surface area contributed by atoms with Gasteiger partial charge in [-0.05, 0) is 24.7 Å². The minimum atomic E-state index is -4.09. The third-order valence-electron chi connectivity index (χ3n) is 3.54. The summed E-state index contributed by atoms with van der Waals surface area (Å²) in [4.78, 5) is 0. The maximum atomic E-state index is 12.2. The molecule has 2 N–H and O–H groups in total. The molecule has 0 aromatic rings. The lowest BCUT2D eigenvalue weighted by atomic mass is 10.0. The summed E-state index contributed by atoms with van der Waals surface area (Å²) in [6, 6.07) is 0. The molecule has 0 aromatic carbocycles. The number of hydrogen-bond donors (Lipinski definition) is 1. The number of alkyl halides is 3. The predicted octanol–water partition coefficient (Wildman–Crippen LogP) is 2.46. The number of halogens is 3. The second-order valence-electron chi connectivity index (χ2n) is 4.40. The average molecular weight is 193 g/mol. The molecule has 76 valence electrons. The van der Waals surface area contributed by atoms with Gasteiger partial charge in [0.15, 0.2) is 0 Å². The predicted molar refractivity (Wildman–Crippen MR) is 43.0 cm³/mol. The van der Waals surface area contributed by atoms with Crippen molar-refractivity contribution in [3.8, 4) is 0 Å². The van der Waals surface area contributed by atoms with Gasteiger partial charge in [0.05, 0.1) is 6.42 Å². The largest absolute Gasteiger partial charge is 0.390 e. The summed E-state index contributed by atoms with van der Waals surface area (Å²) >= 11 is 0. The molecule has 0 spiro atoms. The molecule has 2 fully saturated rings. The first-order valence-corrected chi connectivity index (χ1v) is 4.79. The van der Waals surface area contributed by atoms with Gasteiger partial charge in [0.2, 0.25) is 0 Å². The van der Waals surface area contributed by atoms with Gasteiger partial charge in [-0.2, -0.15) is 13.2 Å². The Morgan fingerprint density at radius 2 is 1.62 bits per heavy atom. The first-order valence-electron chi connectivity index (χ1n) is 4.79. The van der Waals surface area contributed by atoms with Crippen LogP contribution >= 0.6 is 0 Å². The molecule has 2 rings (SSSR count). The van der Waals surface area contributed by atoms with Crippen molar-refractivity contribution in [1.82, 2.24) is 0 Å².